The number of ether oxygens (including phenoxy) is 1. The highest BCUT2D eigenvalue weighted by molar-refractivity contribution is 7.71. The molecule has 1 aromatic carbocycles. The van der Waals surface area contributed by atoms with Gasteiger partial charge in [-0.25, -0.2) is 4.98 Å². The Morgan fingerprint density at radius 3 is 2.90 bits per heavy atom. The fourth-order valence-electron chi connectivity index (χ4n) is 2.33. The van der Waals surface area contributed by atoms with Gasteiger partial charge in [-0.3, -0.25) is 4.79 Å². The summed E-state index contributed by atoms with van der Waals surface area (Å²) in [6.07, 6.45) is 1.66. The Hall–Kier alpha value is -2.47. The molecule has 0 fully saturated rings. The summed E-state index contributed by atoms with van der Waals surface area (Å²) in [5.41, 5.74) is 1.85. The lowest BCUT2D eigenvalue weighted by Gasteiger charge is -2.08. The topological polar surface area (TPSA) is 59.9 Å². The van der Waals surface area contributed by atoms with E-state index in [2.05, 4.69) is 9.97 Å². The van der Waals surface area contributed by atoms with Crippen LogP contribution >= 0.6 is 12.2 Å². The van der Waals surface area contributed by atoms with Crippen LogP contribution in [-0.4, -0.2) is 27.4 Å². The number of aromatic amines is 1. The van der Waals surface area contributed by atoms with E-state index in [1.165, 1.54) is 0 Å². The molecule has 3 rings (SSSR count). The normalized spacial score (nSPS) is 10.8. The van der Waals surface area contributed by atoms with Gasteiger partial charge in [0.15, 0.2) is 4.77 Å². The minimum absolute atomic E-state index is 0.106. The van der Waals surface area contributed by atoms with E-state index in [0.717, 1.165) is 11.0 Å². The lowest BCUT2D eigenvalue weighted by Crippen LogP contribution is -2.09. The zero-order chi connectivity index (χ0) is 15.0. The van der Waals surface area contributed by atoms with Crippen LogP contribution in [0.2, 0.25) is 0 Å². The molecule has 0 radical (unpaired) electrons. The van der Waals surface area contributed by atoms with Crippen LogP contribution in [0.25, 0.3) is 11.0 Å². The first-order valence-corrected chi connectivity index (χ1v) is 6.75. The van der Waals surface area contributed by atoms with Crippen molar-refractivity contribution in [3.63, 3.8) is 0 Å². The molecule has 0 saturated heterocycles. The van der Waals surface area contributed by atoms with E-state index < -0.39 is 0 Å². The number of hydrogen-bond donors (Lipinski definition) is 1. The van der Waals surface area contributed by atoms with Crippen LogP contribution in [0.3, 0.4) is 0 Å². The second-order valence-electron chi connectivity index (χ2n) is 4.61. The number of para-hydroxylation sites is 1. The van der Waals surface area contributed by atoms with Crippen LogP contribution in [0.5, 0.6) is 5.75 Å². The third-order valence-electron chi connectivity index (χ3n) is 3.39. The predicted octanol–water partition coefficient (Wildman–Crippen LogP) is 2.87. The fourth-order valence-corrected chi connectivity index (χ4v) is 2.48. The number of aromatic nitrogens is 3. The Kier molecular flexibility index (Phi) is 3.31. The fraction of sp³-hybridized carbons (Fsp3) is 0.133. The number of aryl methyl sites for hydroxylation is 1. The smallest absolute Gasteiger partial charge is 0.213 e. The van der Waals surface area contributed by atoms with Gasteiger partial charge < -0.3 is 14.3 Å². The first-order valence-electron chi connectivity index (χ1n) is 6.34. The van der Waals surface area contributed by atoms with Crippen LogP contribution in [0.1, 0.15) is 16.1 Å². The van der Waals surface area contributed by atoms with E-state index in [1.807, 2.05) is 19.2 Å². The van der Waals surface area contributed by atoms with Crippen LogP contribution in [-0.2, 0) is 7.05 Å². The quantitative estimate of drug-likeness (QED) is 0.597. The van der Waals surface area contributed by atoms with Gasteiger partial charge in [0.2, 0.25) is 5.78 Å². The molecule has 0 saturated carbocycles. The van der Waals surface area contributed by atoms with Crippen molar-refractivity contribution < 1.29 is 9.53 Å². The van der Waals surface area contributed by atoms with Gasteiger partial charge in [-0.1, -0.05) is 12.1 Å². The van der Waals surface area contributed by atoms with Gasteiger partial charge in [-0.15, -0.1) is 0 Å². The molecule has 5 nitrogen and oxygen atoms in total. The molecular weight excluding hydrogens is 286 g/mol. The number of carbonyl (C=O) groups is 1. The number of rotatable bonds is 3. The summed E-state index contributed by atoms with van der Waals surface area (Å²) < 4.78 is 7.42. The number of carbonyl (C=O) groups excluding carboxylic acids is 1. The number of nitrogens with one attached hydrogen (secondary N) is 1. The van der Waals surface area contributed by atoms with Crippen molar-refractivity contribution in [2.75, 3.05) is 7.11 Å². The molecule has 0 bridgehead atoms. The Labute approximate surface area is 126 Å². The molecule has 0 spiro atoms. The van der Waals surface area contributed by atoms with E-state index >= 15 is 0 Å². The summed E-state index contributed by atoms with van der Waals surface area (Å²) in [5, 5.41) is 0.837. The summed E-state index contributed by atoms with van der Waals surface area (Å²) >= 11 is 5.02. The van der Waals surface area contributed by atoms with Crippen molar-refractivity contribution in [2.45, 2.75) is 0 Å². The Morgan fingerprint density at radius 1 is 1.38 bits per heavy atom. The number of ketones is 1. The summed E-state index contributed by atoms with van der Waals surface area (Å²) in [7, 11) is 3.37. The molecule has 6 heteroatoms. The molecule has 3 aromatic rings. The van der Waals surface area contributed by atoms with Crippen molar-refractivity contribution in [3.8, 4) is 5.75 Å². The number of H-pyrrole nitrogens is 1. The zero-order valence-corrected chi connectivity index (χ0v) is 12.4. The van der Waals surface area contributed by atoms with Crippen molar-refractivity contribution in [3.05, 3.63) is 52.6 Å². The van der Waals surface area contributed by atoms with E-state index in [9.17, 15) is 4.79 Å². The number of fused-ring (bicyclic) bond motifs is 1. The highest BCUT2D eigenvalue weighted by atomic mass is 32.1. The van der Waals surface area contributed by atoms with Crippen molar-refractivity contribution >= 4 is 29.0 Å². The van der Waals surface area contributed by atoms with Crippen LogP contribution in [0.4, 0.5) is 0 Å². The monoisotopic (exact) mass is 299 g/mol. The summed E-state index contributed by atoms with van der Waals surface area (Å²) in [6, 6.07) is 8.96. The van der Waals surface area contributed by atoms with Gasteiger partial charge in [-0.05, 0) is 30.4 Å². The molecule has 0 aliphatic carbocycles. The number of methoxy groups -OCH3 is 1. The largest absolute Gasteiger partial charge is 0.496 e. The van der Waals surface area contributed by atoms with Crippen LogP contribution in [0, 0.1) is 4.77 Å². The minimum Gasteiger partial charge on any atom is -0.496 e. The van der Waals surface area contributed by atoms with Gasteiger partial charge in [0.25, 0.3) is 0 Å². The summed E-state index contributed by atoms with van der Waals surface area (Å²) in [6.45, 7) is 0. The van der Waals surface area contributed by atoms with E-state index in [0.29, 0.717) is 21.8 Å². The maximum Gasteiger partial charge on any atom is 0.213 e. The van der Waals surface area contributed by atoms with Gasteiger partial charge in [0, 0.05) is 18.6 Å². The van der Waals surface area contributed by atoms with E-state index in [1.54, 1.807) is 36.1 Å². The minimum atomic E-state index is -0.106. The highest BCUT2D eigenvalue weighted by Gasteiger charge is 2.18. The van der Waals surface area contributed by atoms with Crippen molar-refractivity contribution in [1.29, 1.82) is 0 Å². The molecule has 0 amide bonds. The van der Waals surface area contributed by atoms with E-state index in [4.69, 9.17) is 17.0 Å². The first kappa shape index (κ1) is 13.5. The molecule has 106 valence electrons. The average molecular weight is 299 g/mol. The molecule has 0 aliphatic rings. The first-order chi connectivity index (χ1) is 10.1. The Balaban J connectivity index is 2.18. The lowest BCUT2D eigenvalue weighted by molar-refractivity contribution is 0.102. The molecule has 0 atom stereocenters. The second kappa shape index (κ2) is 5.14. The van der Waals surface area contributed by atoms with E-state index in [-0.39, 0.29) is 5.78 Å². The zero-order valence-electron chi connectivity index (χ0n) is 11.6. The predicted molar refractivity (Wildman–Crippen MR) is 82.3 cm³/mol. The van der Waals surface area contributed by atoms with Crippen LogP contribution in [0.15, 0.2) is 36.5 Å². The van der Waals surface area contributed by atoms with Gasteiger partial charge in [-0.2, -0.15) is 0 Å². The summed E-state index contributed by atoms with van der Waals surface area (Å²) in [5.74, 6) is 0.448. The number of nitrogens with zero attached hydrogens (tertiary/aromatic N) is 2. The molecule has 1 N–H and O–H groups in total. The lowest BCUT2D eigenvalue weighted by atomic mass is 10.1. The van der Waals surface area contributed by atoms with Crippen molar-refractivity contribution in [1.82, 2.24) is 14.5 Å². The molecule has 0 unspecified atom stereocenters. The maximum absolute atomic E-state index is 12.7. The molecule has 0 aliphatic heterocycles. The molecular formula is C15H13N3O2S. The Morgan fingerprint density at radius 2 is 2.14 bits per heavy atom. The summed E-state index contributed by atoms with van der Waals surface area (Å²) in [4.78, 5) is 19.8. The molecule has 2 heterocycles. The van der Waals surface area contributed by atoms with Gasteiger partial charge >= 0.3 is 0 Å². The third kappa shape index (κ3) is 2.23. The third-order valence-corrected chi connectivity index (χ3v) is 3.60. The molecule has 2 aromatic heterocycles. The van der Waals surface area contributed by atoms with Gasteiger partial charge in [0.1, 0.15) is 11.4 Å². The van der Waals surface area contributed by atoms with Crippen molar-refractivity contribution in [2.24, 2.45) is 7.05 Å². The van der Waals surface area contributed by atoms with Crippen LogP contribution < -0.4 is 4.74 Å². The second-order valence-corrected chi connectivity index (χ2v) is 5.00. The maximum atomic E-state index is 12.7. The number of hydrogen-bond acceptors (Lipinski definition) is 4. The standard InChI is InChI=1S/C15H13N3O2S/c1-18-11(7-9-8-16-15(21)17-14(9)18)13(19)10-5-3-4-6-12(10)20-2/h3-8H,1-2H3,(H,16,17,21). The highest BCUT2D eigenvalue weighted by Crippen LogP contribution is 2.24. The molecule has 21 heavy (non-hydrogen) atoms. The SMILES string of the molecule is COc1ccccc1C(=O)c1cc2cnc(=S)[nH]c2n1C. The average Bonchev–Trinajstić information content (AvgIpc) is 2.83. The van der Waals surface area contributed by atoms with Gasteiger partial charge in [0.05, 0.1) is 18.4 Å². The Bertz CT molecular complexity index is 895. The number of benzene rings is 1.